The summed E-state index contributed by atoms with van der Waals surface area (Å²) in [6.07, 6.45) is -2.12. The zero-order chi connectivity index (χ0) is 24.4. The molecule has 4 saturated heterocycles. The van der Waals surface area contributed by atoms with Crippen molar-refractivity contribution in [2.24, 2.45) is 11.8 Å². The van der Waals surface area contributed by atoms with Gasteiger partial charge in [-0.2, -0.15) is 13.2 Å². The van der Waals surface area contributed by atoms with Gasteiger partial charge in [-0.1, -0.05) is 18.2 Å². The quantitative estimate of drug-likeness (QED) is 0.671. The first kappa shape index (κ1) is 24.1. The predicted octanol–water partition coefficient (Wildman–Crippen LogP) is 3.97. The molecule has 4 heterocycles. The Kier molecular flexibility index (Phi) is 7.02. The van der Waals surface area contributed by atoms with Crippen LogP contribution in [0.2, 0.25) is 0 Å². The van der Waals surface area contributed by atoms with Gasteiger partial charge in [0.05, 0.1) is 5.56 Å². The maximum Gasteiger partial charge on any atom is 0.416 e. The molecule has 35 heavy (non-hydrogen) atoms. The molecule has 0 spiro atoms. The van der Waals surface area contributed by atoms with Gasteiger partial charge < -0.3 is 10.2 Å². The number of hydrogen-bond donors (Lipinski definition) is 1. The van der Waals surface area contributed by atoms with Gasteiger partial charge in [-0.25, -0.2) is 0 Å². The van der Waals surface area contributed by atoms with Gasteiger partial charge in [-0.3, -0.25) is 14.6 Å². The third-order valence-corrected chi connectivity index (χ3v) is 7.97. The van der Waals surface area contributed by atoms with E-state index in [4.69, 9.17) is 0 Å². The number of hydrogen-bond acceptors (Lipinski definition) is 4. The molecular formula is C27H33F3N4O. The van der Waals surface area contributed by atoms with Crippen molar-refractivity contribution in [3.8, 4) is 0 Å². The summed E-state index contributed by atoms with van der Waals surface area (Å²) in [5.41, 5.74) is 0.829. The van der Waals surface area contributed by atoms with Crippen molar-refractivity contribution in [2.75, 3.05) is 57.3 Å². The minimum atomic E-state index is -4.39. The molecule has 2 aromatic rings. The standard InChI is InChI=1S/C27H33F3N4O/c28-27(29,30)23-8-6-20(7-9-23)26(35)31-17-25-16-21-10-11-34(25)19-22(21)18-32-12-14-33(15-13-32)24-4-2-1-3-5-24/h1-9,21-22,25H,10-19H2,(H,31,35)/t21-,22+,25+/m0/s1. The van der Waals surface area contributed by atoms with E-state index in [9.17, 15) is 18.0 Å². The number of piperidine rings is 3. The Hall–Kier alpha value is -2.58. The third kappa shape index (κ3) is 5.64. The lowest BCUT2D eigenvalue weighted by molar-refractivity contribution is -0.137. The first-order chi connectivity index (χ1) is 16.9. The Morgan fingerprint density at radius 3 is 2.29 bits per heavy atom. The van der Waals surface area contributed by atoms with Crippen molar-refractivity contribution in [2.45, 2.75) is 25.1 Å². The fraction of sp³-hybridized carbons (Fsp3) is 0.519. The predicted molar refractivity (Wildman–Crippen MR) is 130 cm³/mol. The average Bonchev–Trinajstić information content (AvgIpc) is 2.88. The number of carbonyl (C=O) groups excluding carboxylic acids is 1. The largest absolute Gasteiger partial charge is 0.416 e. The third-order valence-electron chi connectivity index (χ3n) is 7.97. The molecule has 0 aromatic heterocycles. The van der Waals surface area contributed by atoms with Crippen molar-refractivity contribution in [1.29, 1.82) is 0 Å². The van der Waals surface area contributed by atoms with E-state index in [2.05, 4.69) is 50.3 Å². The first-order valence-corrected chi connectivity index (χ1v) is 12.6. The van der Waals surface area contributed by atoms with Gasteiger partial charge in [0.2, 0.25) is 0 Å². The Balaban J connectivity index is 1.08. The van der Waals surface area contributed by atoms with Crippen LogP contribution in [0.5, 0.6) is 0 Å². The molecule has 1 amide bonds. The van der Waals surface area contributed by atoms with Gasteiger partial charge in [-0.15, -0.1) is 0 Å². The van der Waals surface area contributed by atoms with Gasteiger partial charge in [-0.05, 0) is 67.6 Å². The molecule has 5 nitrogen and oxygen atoms in total. The number of amides is 1. The van der Waals surface area contributed by atoms with E-state index >= 15 is 0 Å². The van der Waals surface area contributed by atoms with Crippen molar-refractivity contribution >= 4 is 11.6 Å². The molecule has 1 N–H and O–H groups in total. The van der Waals surface area contributed by atoms with Crippen LogP contribution in [0.3, 0.4) is 0 Å². The van der Waals surface area contributed by atoms with Crippen LogP contribution < -0.4 is 10.2 Å². The normalized spacial score (nSPS) is 27.1. The van der Waals surface area contributed by atoms with Crippen molar-refractivity contribution < 1.29 is 18.0 Å². The Bertz CT molecular complexity index is 990. The summed E-state index contributed by atoms with van der Waals surface area (Å²) < 4.78 is 38.3. The van der Waals surface area contributed by atoms with E-state index in [0.717, 1.165) is 64.4 Å². The van der Waals surface area contributed by atoms with Crippen LogP contribution >= 0.6 is 0 Å². The number of rotatable bonds is 6. The highest BCUT2D eigenvalue weighted by molar-refractivity contribution is 5.94. The summed E-state index contributed by atoms with van der Waals surface area (Å²) in [5, 5.41) is 2.95. The summed E-state index contributed by atoms with van der Waals surface area (Å²) in [5.74, 6) is 1.02. The second-order valence-electron chi connectivity index (χ2n) is 10.1. The van der Waals surface area contributed by atoms with Crippen LogP contribution in [0, 0.1) is 11.8 Å². The zero-order valence-electron chi connectivity index (χ0n) is 19.9. The molecule has 188 valence electrons. The number of carbonyl (C=O) groups is 1. The highest BCUT2D eigenvalue weighted by Gasteiger charge is 2.40. The number of halogens is 3. The van der Waals surface area contributed by atoms with Crippen LogP contribution in [0.4, 0.5) is 18.9 Å². The number of fused-ring (bicyclic) bond motifs is 3. The molecule has 8 heteroatoms. The van der Waals surface area contributed by atoms with Crippen LogP contribution in [-0.4, -0.2) is 74.1 Å². The average molecular weight is 487 g/mol. The van der Waals surface area contributed by atoms with Gasteiger partial charge in [0.1, 0.15) is 0 Å². The molecule has 1 unspecified atom stereocenters. The number of piperazine rings is 1. The summed E-state index contributed by atoms with van der Waals surface area (Å²) in [7, 11) is 0. The molecule has 4 aliphatic rings. The van der Waals surface area contributed by atoms with E-state index in [1.54, 1.807) is 0 Å². The maximum absolute atomic E-state index is 12.8. The fourth-order valence-corrected chi connectivity index (χ4v) is 5.95. The fourth-order valence-electron chi connectivity index (χ4n) is 5.95. The maximum atomic E-state index is 12.8. The first-order valence-electron chi connectivity index (χ1n) is 12.6. The molecule has 0 aliphatic carbocycles. The Morgan fingerprint density at radius 1 is 0.943 bits per heavy atom. The zero-order valence-corrected chi connectivity index (χ0v) is 19.9. The topological polar surface area (TPSA) is 38.8 Å². The lowest BCUT2D eigenvalue weighted by Crippen LogP contribution is -2.59. The lowest BCUT2D eigenvalue weighted by atomic mass is 9.75. The van der Waals surface area contributed by atoms with Crippen LogP contribution in [0.1, 0.15) is 28.8 Å². The van der Waals surface area contributed by atoms with Crippen molar-refractivity contribution in [1.82, 2.24) is 15.1 Å². The number of anilines is 1. The molecule has 4 atom stereocenters. The smallest absolute Gasteiger partial charge is 0.369 e. The summed E-state index contributed by atoms with van der Waals surface area (Å²) in [4.78, 5) is 20.1. The van der Waals surface area contributed by atoms with Crippen molar-refractivity contribution in [3.05, 3.63) is 65.7 Å². The highest BCUT2D eigenvalue weighted by atomic mass is 19.4. The van der Waals surface area contributed by atoms with Crippen molar-refractivity contribution in [3.63, 3.8) is 0 Å². The molecule has 6 rings (SSSR count). The number of benzene rings is 2. The van der Waals surface area contributed by atoms with E-state index in [0.29, 0.717) is 24.4 Å². The second kappa shape index (κ2) is 10.2. The number of nitrogens with zero attached hydrogens (tertiary/aromatic N) is 3. The van der Waals surface area contributed by atoms with Crippen LogP contribution in [0.25, 0.3) is 0 Å². The molecular weight excluding hydrogens is 453 g/mol. The SMILES string of the molecule is O=C(NC[C@H]1C[C@@H]2CCN1C[C@H]2CN1CCN(c2ccccc2)CC1)c1ccc(C(F)(F)F)cc1. The molecule has 2 aromatic carbocycles. The minimum Gasteiger partial charge on any atom is -0.369 e. The van der Waals surface area contributed by atoms with E-state index in [1.807, 2.05) is 0 Å². The highest BCUT2D eigenvalue weighted by Crippen LogP contribution is 2.37. The van der Waals surface area contributed by atoms with E-state index in [-0.39, 0.29) is 11.5 Å². The van der Waals surface area contributed by atoms with Gasteiger partial charge in [0, 0.05) is 63.1 Å². The Morgan fingerprint density at radius 2 is 1.66 bits per heavy atom. The Labute approximate surface area is 204 Å². The van der Waals surface area contributed by atoms with Gasteiger partial charge in [0.25, 0.3) is 5.91 Å². The summed E-state index contributed by atoms with van der Waals surface area (Å²) in [6, 6.07) is 15.3. The molecule has 0 saturated carbocycles. The lowest BCUT2D eigenvalue weighted by Gasteiger charge is -2.51. The molecule has 0 radical (unpaired) electrons. The number of alkyl halides is 3. The van der Waals surface area contributed by atoms with E-state index < -0.39 is 11.7 Å². The summed E-state index contributed by atoms with van der Waals surface area (Å²) >= 11 is 0. The molecule has 4 aliphatic heterocycles. The number of nitrogens with one attached hydrogen (secondary N) is 1. The van der Waals surface area contributed by atoms with Gasteiger partial charge in [0.15, 0.2) is 0 Å². The van der Waals surface area contributed by atoms with Gasteiger partial charge >= 0.3 is 6.18 Å². The van der Waals surface area contributed by atoms with Crippen LogP contribution in [0.15, 0.2) is 54.6 Å². The van der Waals surface area contributed by atoms with Crippen LogP contribution in [-0.2, 0) is 6.18 Å². The molecule has 4 fully saturated rings. The number of para-hydroxylation sites is 1. The second-order valence-corrected chi connectivity index (χ2v) is 10.1. The monoisotopic (exact) mass is 486 g/mol. The minimum absolute atomic E-state index is 0.265. The van der Waals surface area contributed by atoms with E-state index in [1.165, 1.54) is 24.2 Å². The molecule has 2 bridgehead atoms. The summed E-state index contributed by atoms with van der Waals surface area (Å²) in [6.45, 7) is 8.09.